The third-order valence-corrected chi connectivity index (χ3v) is 4.04. The van der Waals surface area contributed by atoms with Gasteiger partial charge in [-0.15, -0.1) is 12.3 Å². The van der Waals surface area contributed by atoms with Gasteiger partial charge >= 0.3 is 0 Å². The van der Waals surface area contributed by atoms with Crippen LogP contribution in [-0.2, 0) is 0 Å². The topological polar surface area (TPSA) is 26.0 Å². The lowest BCUT2D eigenvalue weighted by atomic mass is 10.0. The lowest BCUT2D eigenvalue weighted by Gasteiger charge is -2.22. The molecule has 0 radical (unpaired) electrons. The van der Waals surface area contributed by atoms with E-state index in [1.165, 1.54) is 32.1 Å². The Bertz CT molecular complexity index is 167. The van der Waals surface area contributed by atoms with Crippen molar-refractivity contribution in [2.24, 2.45) is 5.73 Å². The highest BCUT2D eigenvalue weighted by molar-refractivity contribution is 7.99. The fourth-order valence-corrected chi connectivity index (χ4v) is 3.01. The van der Waals surface area contributed by atoms with Crippen LogP contribution >= 0.6 is 11.8 Å². The predicted octanol–water partition coefficient (Wildman–Crippen LogP) is 2.40. The molecule has 0 aliphatic heterocycles. The minimum absolute atomic E-state index is 0.205. The summed E-state index contributed by atoms with van der Waals surface area (Å²) in [6.07, 6.45) is 12.9. The van der Waals surface area contributed by atoms with Crippen LogP contribution in [0.15, 0.2) is 0 Å². The van der Waals surface area contributed by atoms with Gasteiger partial charge in [0.15, 0.2) is 0 Å². The first kappa shape index (κ1) is 10.9. The second-order valence-corrected chi connectivity index (χ2v) is 5.10. The van der Waals surface area contributed by atoms with Crippen molar-refractivity contribution in [2.45, 2.75) is 49.8 Å². The van der Waals surface area contributed by atoms with Crippen LogP contribution in [0.4, 0.5) is 0 Å². The van der Waals surface area contributed by atoms with E-state index in [-0.39, 0.29) is 6.04 Å². The number of thioether (sulfide) groups is 1. The first-order valence-electron chi connectivity index (χ1n) is 5.13. The Morgan fingerprint density at radius 1 is 1.38 bits per heavy atom. The summed E-state index contributed by atoms with van der Waals surface area (Å²) in [5, 5.41) is 0.859. The van der Waals surface area contributed by atoms with Gasteiger partial charge in [-0.3, -0.25) is 0 Å². The standard InChI is InChI=1S/C11H19NS/c1-2-6-10(12)9-13-11-7-4-3-5-8-11/h1,10-11H,3-9,12H2. The molecule has 74 valence electrons. The monoisotopic (exact) mass is 197 g/mol. The molecule has 0 amide bonds. The van der Waals surface area contributed by atoms with E-state index in [0.717, 1.165) is 17.4 Å². The van der Waals surface area contributed by atoms with Gasteiger partial charge in [-0.05, 0) is 12.8 Å². The zero-order valence-electron chi connectivity index (χ0n) is 8.17. The van der Waals surface area contributed by atoms with Crippen molar-refractivity contribution in [3.63, 3.8) is 0 Å². The summed E-state index contributed by atoms with van der Waals surface area (Å²) < 4.78 is 0. The van der Waals surface area contributed by atoms with Crippen molar-refractivity contribution in [3.05, 3.63) is 0 Å². The Balaban J connectivity index is 2.07. The second-order valence-electron chi connectivity index (χ2n) is 3.76. The molecule has 1 nitrogen and oxygen atoms in total. The van der Waals surface area contributed by atoms with Gasteiger partial charge < -0.3 is 5.73 Å². The van der Waals surface area contributed by atoms with Crippen molar-refractivity contribution in [2.75, 3.05) is 5.75 Å². The first-order chi connectivity index (χ1) is 6.33. The van der Waals surface area contributed by atoms with Gasteiger partial charge in [-0.1, -0.05) is 19.3 Å². The van der Waals surface area contributed by atoms with Crippen LogP contribution in [0.2, 0.25) is 0 Å². The van der Waals surface area contributed by atoms with Crippen LogP contribution in [0.1, 0.15) is 38.5 Å². The van der Waals surface area contributed by atoms with Gasteiger partial charge in [0.2, 0.25) is 0 Å². The zero-order valence-corrected chi connectivity index (χ0v) is 8.98. The summed E-state index contributed by atoms with van der Waals surface area (Å²) >= 11 is 2.02. The van der Waals surface area contributed by atoms with Crippen LogP contribution in [-0.4, -0.2) is 17.0 Å². The van der Waals surface area contributed by atoms with Crippen LogP contribution in [0, 0.1) is 12.3 Å². The van der Waals surface area contributed by atoms with E-state index in [9.17, 15) is 0 Å². The van der Waals surface area contributed by atoms with E-state index in [1.807, 2.05) is 11.8 Å². The van der Waals surface area contributed by atoms with Crippen molar-refractivity contribution in [3.8, 4) is 12.3 Å². The SMILES string of the molecule is C#CCC(N)CSC1CCCCC1. The van der Waals surface area contributed by atoms with E-state index < -0.39 is 0 Å². The van der Waals surface area contributed by atoms with Gasteiger partial charge in [0.05, 0.1) is 0 Å². The summed E-state index contributed by atoms with van der Waals surface area (Å²) in [6, 6.07) is 0.205. The fraction of sp³-hybridized carbons (Fsp3) is 0.818. The maximum absolute atomic E-state index is 5.84. The number of hydrogen-bond donors (Lipinski definition) is 1. The summed E-state index contributed by atoms with van der Waals surface area (Å²) in [5.41, 5.74) is 5.84. The van der Waals surface area contributed by atoms with E-state index in [1.54, 1.807) is 0 Å². The molecule has 0 bridgehead atoms. The smallest absolute Gasteiger partial charge is 0.0246 e. The molecule has 0 saturated heterocycles. The van der Waals surface area contributed by atoms with Crippen LogP contribution in [0.5, 0.6) is 0 Å². The molecule has 1 saturated carbocycles. The molecular weight excluding hydrogens is 178 g/mol. The van der Waals surface area contributed by atoms with Crippen molar-refractivity contribution < 1.29 is 0 Å². The summed E-state index contributed by atoms with van der Waals surface area (Å²) in [4.78, 5) is 0. The molecule has 1 atom stereocenters. The molecule has 0 aromatic rings. The number of nitrogens with two attached hydrogens (primary N) is 1. The molecule has 2 N–H and O–H groups in total. The van der Waals surface area contributed by atoms with Gasteiger partial charge in [-0.2, -0.15) is 11.8 Å². The Morgan fingerprint density at radius 3 is 2.69 bits per heavy atom. The molecule has 1 unspecified atom stereocenters. The fourth-order valence-electron chi connectivity index (χ4n) is 1.70. The van der Waals surface area contributed by atoms with Crippen LogP contribution in [0.3, 0.4) is 0 Å². The largest absolute Gasteiger partial charge is 0.326 e. The van der Waals surface area contributed by atoms with Gasteiger partial charge in [0.25, 0.3) is 0 Å². The lowest BCUT2D eigenvalue weighted by molar-refractivity contribution is 0.515. The molecular formula is C11H19NS. The Morgan fingerprint density at radius 2 is 2.08 bits per heavy atom. The van der Waals surface area contributed by atoms with Crippen molar-refractivity contribution in [1.29, 1.82) is 0 Å². The van der Waals surface area contributed by atoms with Crippen LogP contribution in [0.25, 0.3) is 0 Å². The summed E-state index contributed by atoms with van der Waals surface area (Å²) in [6.45, 7) is 0. The third-order valence-electron chi connectivity index (χ3n) is 2.48. The van der Waals surface area contributed by atoms with E-state index in [2.05, 4.69) is 5.92 Å². The minimum Gasteiger partial charge on any atom is -0.326 e. The molecule has 2 heteroatoms. The predicted molar refractivity (Wildman–Crippen MR) is 60.8 cm³/mol. The molecule has 1 fully saturated rings. The Hall–Kier alpha value is -0.130. The average molecular weight is 197 g/mol. The highest BCUT2D eigenvalue weighted by Gasteiger charge is 2.14. The maximum atomic E-state index is 5.84. The average Bonchev–Trinajstić information content (AvgIpc) is 2.17. The van der Waals surface area contributed by atoms with Gasteiger partial charge in [0.1, 0.15) is 0 Å². The molecule has 13 heavy (non-hydrogen) atoms. The molecule has 1 rings (SSSR count). The number of hydrogen-bond acceptors (Lipinski definition) is 2. The Labute approximate surface area is 85.8 Å². The van der Waals surface area contributed by atoms with E-state index in [4.69, 9.17) is 12.2 Å². The second kappa shape index (κ2) is 6.34. The van der Waals surface area contributed by atoms with Crippen molar-refractivity contribution >= 4 is 11.8 Å². The molecule has 1 aliphatic carbocycles. The van der Waals surface area contributed by atoms with Crippen LogP contribution < -0.4 is 5.73 Å². The van der Waals surface area contributed by atoms with Gasteiger partial charge in [-0.25, -0.2) is 0 Å². The number of rotatable bonds is 4. The normalized spacial score (nSPS) is 20.9. The lowest BCUT2D eigenvalue weighted by Crippen LogP contribution is -2.24. The number of terminal acetylenes is 1. The van der Waals surface area contributed by atoms with E-state index >= 15 is 0 Å². The molecule has 0 aromatic heterocycles. The molecule has 0 aromatic carbocycles. The maximum Gasteiger partial charge on any atom is 0.0246 e. The highest BCUT2D eigenvalue weighted by atomic mass is 32.2. The zero-order chi connectivity index (χ0) is 9.52. The molecule has 1 aliphatic rings. The quantitative estimate of drug-likeness (QED) is 0.700. The molecule has 0 spiro atoms. The Kier molecular flexibility index (Phi) is 5.34. The molecule has 0 heterocycles. The minimum atomic E-state index is 0.205. The summed E-state index contributed by atoms with van der Waals surface area (Å²) in [5.74, 6) is 3.65. The highest BCUT2D eigenvalue weighted by Crippen LogP contribution is 2.28. The first-order valence-corrected chi connectivity index (χ1v) is 6.18. The van der Waals surface area contributed by atoms with Gasteiger partial charge in [0, 0.05) is 23.5 Å². The third kappa shape index (κ3) is 4.59. The summed E-state index contributed by atoms with van der Waals surface area (Å²) in [7, 11) is 0. The van der Waals surface area contributed by atoms with E-state index in [0.29, 0.717) is 0 Å². The van der Waals surface area contributed by atoms with Crippen molar-refractivity contribution in [1.82, 2.24) is 0 Å².